The molecule has 12 nitrogen and oxygen atoms in total. The fourth-order valence-electron chi connectivity index (χ4n) is 6.57. The van der Waals surface area contributed by atoms with Crippen LogP contribution in [0.2, 0.25) is 0 Å². The van der Waals surface area contributed by atoms with E-state index >= 15 is 0 Å². The van der Waals surface area contributed by atoms with Crippen molar-refractivity contribution in [3.63, 3.8) is 0 Å². The number of benzene rings is 3. The van der Waals surface area contributed by atoms with Crippen LogP contribution in [0, 0.1) is 11.8 Å². The molecule has 0 atom stereocenters. The minimum Gasteiger partial charge on any atom is -0.462 e. The van der Waals surface area contributed by atoms with Crippen molar-refractivity contribution in [1.29, 1.82) is 0 Å². The molecule has 4 N–H and O–H groups in total. The highest BCUT2D eigenvalue weighted by Gasteiger charge is 2.18. The zero-order valence-electron chi connectivity index (χ0n) is 36.9. The lowest BCUT2D eigenvalue weighted by Crippen LogP contribution is -2.40. The molecule has 0 radical (unpaired) electrons. The smallest absolute Gasteiger partial charge is 0.338 e. The molecule has 0 aliphatic carbocycles. The SMILES string of the molecule is CCCCC(CCCC)COC(=O)c1ccc(Nc2nc(Nc3ccc(C(=O)NC(C)(C)C)cc3)nc(Nc3ccc(C(=O)OCC(CCCC)CCCC)cc3)n2)cc1. The predicted octanol–water partition coefficient (Wildman–Crippen LogP) is 11.9. The van der Waals surface area contributed by atoms with E-state index in [1.165, 1.54) is 0 Å². The van der Waals surface area contributed by atoms with Gasteiger partial charge in [-0.3, -0.25) is 4.79 Å². The van der Waals surface area contributed by atoms with E-state index in [-0.39, 0.29) is 41.2 Å². The predicted molar refractivity (Wildman–Crippen MR) is 242 cm³/mol. The summed E-state index contributed by atoms with van der Waals surface area (Å²) < 4.78 is 11.5. The average molecular weight is 822 g/mol. The Bertz CT molecular complexity index is 1800. The number of unbranched alkanes of at least 4 members (excludes halogenated alkanes) is 4. The number of nitrogens with one attached hydrogen (secondary N) is 4. The maximum Gasteiger partial charge on any atom is 0.338 e. The van der Waals surface area contributed by atoms with Crippen LogP contribution in [-0.4, -0.2) is 51.6 Å². The first-order valence-electron chi connectivity index (χ1n) is 21.9. The molecule has 0 aliphatic rings. The van der Waals surface area contributed by atoms with Crippen molar-refractivity contribution in [2.24, 2.45) is 11.8 Å². The van der Waals surface area contributed by atoms with Crippen LogP contribution >= 0.6 is 0 Å². The highest BCUT2D eigenvalue weighted by atomic mass is 16.5. The number of carbonyl (C=O) groups excluding carboxylic acids is 3. The van der Waals surface area contributed by atoms with E-state index in [2.05, 4.69) is 63.9 Å². The summed E-state index contributed by atoms with van der Waals surface area (Å²) in [5, 5.41) is 12.6. The molecule has 3 aromatic carbocycles. The molecule has 1 aromatic heterocycles. The summed E-state index contributed by atoms with van der Waals surface area (Å²) in [6.45, 7) is 15.4. The van der Waals surface area contributed by atoms with Crippen molar-refractivity contribution in [2.45, 2.75) is 131 Å². The third kappa shape index (κ3) is 16.6. The topological polar surface area (TPSA) is 156 Å². The number of anilines is 6. The summed E-state index contributed by atoms with van der Waals surface area (Å²) in [7, 11) is 0. The molecular weight excluding hydrogens is 755 g/mol. The van der Waals surface area contributed by atoms with Crippen LogP contribution in [-0.2, 0) is 9.47 Å². The van der Waals surface area contributed by atoms with Gasteiger partial charge in [0.25, 0.3) is 5.91 Å². The fraction of sp³-hybridized carbons (Fsp3) is 0.500. The lowest BCUT2D eigenvalue weighted by molar-refractivity contribution is 0.0414. The Hall–Kier alpha value is -5.52. The van der Waals surface area contributed by atoms with Gasteiger partial charge in [0, 0.05) is 28.2 Å². The first-order valence-corrected chi connectivity index (χ1v) is 21.9. The number of esters is 2. The van der Waals surface area contributed by atoms with Crippen LogP contribution in [0.25, 0.3) is 0 Å². The fourth-order valence-corrected chi connectivity index (χ4v) is 6.57. The summed E-state index contributed by atoms with van der Waals surface area (Å²) >= 11 is 0. The first kappa shape index (κ1) is 47.2. The van der Waals surface area contributed by atoms with Crippen molar-refractivity contribution in [2.75, 3.05) is 29.2 Å². The number of hydrogen-bond donors (Lipinski definition) is 4. The van der Waals surface area contributed by atoms with Crippen LogP contribution in [0.4, 0.5) is 34.9 Å². The molecule has 0 aliphatic heterocycles. The lowest BCUT2D eigenvalue weighted by atomic mass is 9.97. The number of hydrogen-bond acceptors (Lipinski definition) is 11. The molecule has 0 spiro atoms. The van der Waals surface area contributed by atoms with Crippen molar-refractivity contribution >= 4 is 52.8 Å². The highest BCUT2D eigenvalue weighted by molar-refractivity contribution is 5.95. The zero-order chi connectivity index (χ0) is 43.3. The van der Waals surface area contributed by atoms with Crippen LogP contribution in [0.5, 0.6) is 0 Å². The molecule has 0 unspecified atom stereocenters. The van der Waals surface area contributed by atoms with Crippen LogP contribution in [0.15, 0.2) is 72.8 Å². The molecular formula is C48H67N7O5. The number of nitrogens with zero attached hydrogens (tertiary/aromatic N) is 3. The molecule has 1 amide bonds. The highest BCUT2D eigenvalue weighted by Crippen LogP contribution is 2.24. The number of ether oxygens (including phenoxy) is 2. The number of amides is 1. The Morgan fingerprint density at radius 1 is 0.500 bits per heavy atom. The molecule has 4 rings (SSSR count). The van der Waals surface area contributed by atoms with E-state index in [9.17, 15) is 14.4 Å². The second kappa shape index (κ2) is 24.5. The van der Waals surface area contributed by atoms with Crippen LogP contribution in [0.1, 0.15) is 157 Å². The Balaban J connectivity index is 1.49. The summed E-state index contributed by atoms with van der Waals surface area (Å²) in [6, 6.07) is 21.0. The normalized spacial score (nSPS) is 11.3. The minimum atomic E-state index is -0.365. The molecule has 1 heterocycles. The second-order valence-corrected chi connectivity index (χ2v) is 16.6. The number of carbonyl (C=O) groups is 3. The van der Waals surface area contributed by atoms with Gasteiger partial charge in [-0.25, -0.2) is 9.59 Å². The first-order chi connectivity index (χ1) is 28.9. The number of aromatic nitrogens is 3. The van der Waals surface area contributed by atoms with Gasteiger partial charge in [0.2, 0.25) is 17.8 Å². The minimum absolute atomic E-state index is 0.169. The Morgan fingerprint density at radius 3 is 1.08 bits per heavy atom. The van der Waals surface area contributed by atoms with E-state index in [0.717, 1.165) is 77.0 Å². The molecule has 60 heavy (non-hydrogen) atoms. The molecule has 0 fully saturated rings. The van der Waals surface area contributed by atoms with Gasteiger partial charge in [0.1, 0.15) is 0 Å². The molecule has 12 heteroatoms. The Kier molecular flexibility index (Phi) is 19.3. The van der Waals surface area contributed by atoms with Gasteiger partial charge in [-0.1, -0.05) is 79.1 Å². The molecule has 324 valence electrons. The standard InChI is InChI=1S/C48H67N7O5/c1-8-12-16-34(17-13-9-2)32-59-43(57)37-22-28-40(29-23-37)50-46-52-45(49-39-26-20-36(21-27-39)42(56)55-48(5,6)7)53-47(54-46)51-41-30-24-38(25-31-41)44(58)60-33-35(18-14-10-3)19-15-11-4/h20-31,34-35H,8-19,32-33H2,1-7H3,(H,55,56)(H3,49,50,51,52,53,54). The van der Waals surface area contributed by atoms with E-state index in [0.29, 0.717) is 58.8 Å². The summed E-state index contributed by atoms with van der Waals surface area (Å²) in [5.74, 6) is 0.602. The maximum atomic E-state index is 13.0. The third-order valence-electron chi connectivity index (χ3n) is 10.0. The molecule has 0 saturated carbocycles. The van der Waals surface area contributed by atoms with Gasteiger partial charge in [0.05, 0.1) is 24.3 Å². The molecule has 0 bridgehead atoms. The molecule has 0 saturated heterocycles. The van der Waals surface area contributed by atoms with Crippen LogP contribution in [0.3, 0.4) is 0 Å². The van der Waals surface area contributed by atoms with Gasteiger partial charge in [-0.05, 0) is 131 Å². The average Bonchev–Trinajstić information content (AvgIpc) is 3.23. The summed E-state index contributed by atoms with van der Waals surface area (Å²) in [4.78, 5) is 52.5. The van der Waals surface area contributed by atoms with E-state index in [1.807, 2.05) is 20.8 Å². The van der Waals surface area contributed by atoms with Crippen molar-refractivity contribution in [1.82, 2.24) is 20.3 Å². The number of rotatable bonds is 25. The van der Waals surface area contributed by atoms with Gasteiger partial charge < -0.3 is 30.7 Å². The van der Waals surface area contributed by atoms with E-state index < -0.39 is 0 Å². The van der Waals surface area contributed by atoms with Gasteiger partial charge in [0.15, 0.2) is 0 Å². The summed E-state index contributed by atoms with van der Waals surface area (Å²) in [5.41, 5.74) is 3.06. The zero-order valence-corrected chi connectivity index (χ0v) is 36.9. The Labute approximate surface area is 357 Å². The van der Waals surface area contributed by atoms with E-state index in [1.54, 1.807) is 72.8 Å². The monoisotopic (exact) mass is 822 g/mol. The second-order valence-electron chi connectivity index (χ2n) is 16.6. The quantitative estimate of drug-likeness (QED) is 0.0472. The Morgan fingerprint density at radius 2 is 0.800 bits per heavy atom. The largest absolute Gasteiger partial charge is 0.462 e. The van der Waals surface area contributed by atoms with Gasteiger partial charge in [-0.15, -0.1) is 0 Å². The van der Waals surface area contributed by atoms with Crippen LogP contribution < -0.4 is 21.3 Å². The van der Waals surface area contributed by atoms with Gasteiger partial charge in [-0.2, -0.15) is 15.0 Å². The maximum absolute atomic E-state index is 13.0. The van der Waals surface area contributed by atoms with Crippen molar-refractivity contribution in [3.05, 3.63) is 89.5 Å². The van der Waals surface area contributed by atoms with Gasteiger partial charge >= 0.3 is 11.9 Å². The van der Waals surface area contributed by atoms with Crippen molar-refractivity contribution in [3.8, 4) is 0 Å². The summed E-state index contributed by atoms with van der Waals surface area (Å²) in [6.07, 6.45) is 13.2. The van der Waals surface area contributed by atoms with Crippen molar-refractivity contribution < 1.29 is 23.9 Å². The molecule has 4 aromatic rings. The van der Waals surface area contributed by atoms with E-state index in [4.69, 9.17) is 9.47 Å². The third-order valence-corrected chi connectivity index (χ3v) is 10.0. The lowest BCUT2D eigenvalue weighted by Gasteiger charge is -2.20.